The maximum absolute atomic E-state index is 14.1. The third kappa shape index (κ3) is 5.75. The van der Waals surface area contributed by atoms with Crippen LogP contribution in [0.15, 0.2) is 89.5 Å². The van der Waals surface area contributed by atoms with Crippen molar-refractivity contribution in [1.82, 2.24) is 0 Å². The van der Waals surface area contributed by atoms with Crippen LogP contribution in [0.4, 0.5) is 26.3 Å². The highest BCUT2D eigenvalue weighted by molar-refractivity contribution is 7.86. The molecule has 0 atom stereocenters. The molecule has 0 N–H and O–H groups in total. The molecule has 3 nitrogen and oxygen atoms in total. The van der Waals surface area contributed by atoms with E-state index >= 15 is 0 Å². The Bertz CT molecular complexity index is 1240. The Labute approximate surface area is 186 Å². The number of aryl methyl sites for hydroxylation is 1. The number of hydrogen-bond acceptors (Lipinski definition) is 3. The smallest absolute Gasteiger partial charge is 0.373 e. The van der Waals surface area contributed by atoms with Gasteiger partial charge in [0.05, 0.1) is 5.56 Å². The van der Waals surface area contributed by atoms with E-state index in [4.69, 9.17) is 0 Å². The van der Waals surface area contributed by atoms with Crippen LogP contribution in [0.5, 0.6) is 0 Å². The lowest BCUT2D eigenvalue weighted by atomic mass is 9.95. The van der Waals surface area contributed by atoms with Gasteiger partial charge in [-0.15, -0.1) is 0 Å². The van der Waals surface area contributed by atoms with Crippen LogP contribution in [0.25, 0.3) is 5.57 Å². The van der Waals surface area contributed by atoms with Crippen LogP contribution in [0, 0.1) is 6.92 Å². The van der Waals surface area contributed by atoms with Gasteiger partial charge in [-0.2, -0.15) is 34.8 Å². The molecule has 33 heavy (non-hydrogen) atoms. The molecule has 0 saturated heterocycles. The van der Waals surface area contributed by atoms with Crippen molar-refractivity contribution in [3.63, 3.8) is 0 Å². The fraction of sp³-hybridized carbons (Fsp3) is 0.130. The molecule has 0 heterocycles. The summed E-state index contributed by atoms with van der Waals surface area (Å²) in [5.41, 5.74) is -1.51. The summed E-state index contributed by atoms with van der Waals surface area (Å²) in [5.74, 6) is -1.87. The summed E-state index contributed by atoms with van der Waals surface area (Å²) in [7, 11) is -4.91. The zero-order chi connectivity index (χ0) is 24.4. The van der Waals surface area contributed by atoms with E-state index in [-0.39, 0.29) is 11.1 Å². The Balaban J connectivity index is 2.24. The SMILES string of the molecule is Cc1ccc(S(=O)(=O)O/C(=C(/c2ccccc2)c2ccc(C(F)(F)F)cc2)C(F)(F)F)cc1. The van der Waals surface area contributed by atoms with E-state index in [0.717, 1.165) is 24.3 Å². The molecular weight excluding hydrogens is 470 g/mol. The molecular formula is C23H16F6O3S. The minimum atomic E-state index is -5.29. The van der Waals surface area contributed by atoms with Gasteiger partial charge < -0.3 is 4.18 Å². The largest absolute Gasteiger partial charge is 0.451 e. The summed E-state index contributed by atoms with van der Waals surface area (Å²) in [4.78, 5) is -0.505. The number of allylic oxidation sites excluding steroid dienone is 1. The molecule has 0 amide bonds. The second kappa shape index (κ2) is 8.93. The van der Waals surface area contributed by atoms with Crippen molar-refractivity contribution in [2.45, 2.75) is 24.2 Å². The molecule has 0 saturated carbocycles. The lowest BCUT2D eigenvalue weighted by Gasteiger charge is -2.19. The Kier molecular flexibility index (Phi) is 6.60. The van der Waals surface area contributed by atoms with Crippen molar-refractivity contribution < 1.29 is 38.9 Å². The molecule has 0 bridgehead atoms. The molecule has 3 aromatic carbocycles. The van der Waals surface area contributed by atoms with Crippen molar-refractivity contribution in [3.8, 4) is 0 Å². The first-order valence-corrected chi connectivity index (χ1v) is 10.8. The summed E-state index contributed by atoms with van der Waals surface area (Å²) in [6, 6.07) is 14.7. The third-order valence-corrected chi connectivity index (χ3v) is 5.79. The van der Waals surface area contributed by atoms with Crippen LogP contribution >= 0.6 is 0 Å². The van der Waals surface area contributed by atoms with E-state index in [1.165, 1.54) is 42.5 Å². The minimum absolute atomic E-state index is 0.0938. The highest BCUT2D eigenvalue weighted by atomic mass is 32.2. The molecule has 0 radical (unpaired) electrons. The molecule has 174 valence electrons. The van der Waals surface area contributed by atoms with Crippen molar-refractivity contribution in [3.05, 3.63) is 107 Å². The maximum Gasteiger partial charge on any atom is 0.451 e. The highest BCUT2D eigenvalue weighted by Gasteiger charge is 2.43. The fourth-order valence-electron chi connectivity index (χ4n) is 2.95. The molecule has 3 rings (SSSR count). The lowest BCUT2D eigenvalue weighted by molar-refractivity contribution is -0.137. The van der Waals surface area contributed by atoms with Gasteiger partial charge in [-0.1, -0.05) is 60.2 Å². The molecule has 0 aromatic heterocycles. The average Bonchev–Trinajstić information content (AvgIpc) is 2.73. The zero-order valence-electron chi connectivity index (χ0n) is 16.9. The van der Waals surface area contributed by atoms with Crippen molar-refractivity contribution in [2.75, 3.05) is 0 Å². The normalized spacial score (nSPS) is 13.4. The van der Waals surface area contributed by atoms with Crippen LogP contribution in [-0.4, -0.2) is 14.6 Å². The number of rotatable bonds is 5. The lowest BCUT2D eigenvalue weighted by Crippen LogP contribution is -2.21. The van der Waals surface area contributed by atoms with Gasteiger partial charge in [0.2, 0.25) is 5.76 Å². The Hall–Kier alpha value is -3.27. The molecule has 0 unspecified atom stereocenters. The Morgan fingerprint density at radius 2 is 1.24 bits per heavy atom. The van der Waals surface area contributed by atoms with Crippen molar-refractivity contribution in [1.29, 1.82) is 0 Å². The quantitative estimate of drug-likeness (QED) is 0.228. The summed E-state index contributed by atoms with van der Waals surface area (Å²) < 4.78 is 111. The molecule has 3 aromatic rings. The van der Waals surface area contributed by atoms with E-state index in [0.29, 0.717) is 17.7 Å². The topological polar surface area (TPSA) is 43.4 Å². The van der Waals surface area contributed by atoms with E-state index in [1.54, 1.807) is 6.92 Å². The second-order valence-electron chi connectivity index (χ2n) is 6.99. The first kappa shape index (κ1) is 24.4. The first-order valence-electron chi connectivity index (χ1n) is 9.35. The van der Waals surface area contributed by atoms with Crippen LogP contribution in [0.1, 0.15) is 22.3 Å². The van der Waals surface area contributed by atoms with Gasteiger partial charge >= 0.3 is 22.5 Å². The monoisotopic (exact) mass is 486 g/mol. The summed E-state index contributed by atoms with van der Waals surface area (Å²) in [6.45, 7) is 1.66. The van der Waals surface area contributed by atoms with Gasteiger partial charge in [-0.05, 0) is 42.3 Å². The van der Waals surface area contributed by atoms with Gasteiger partial charge in [-0.25, -0.2) is 0 Å². The highest BCUT2D eigenvalue weighted by Crippen LogP contribution is 2.40. The number of hydrogen-bond donors (Lipinski definition) is 0. The third-order valence-electron chi connectivity index (χ3n) is 4.55. The number of halogens is 6. The van der Waals surface area contributed by atoms with Gasteiger partial charge in [0.1, 0.15) is 4.90 Å². The first-order chi connectivity index (χ1) is 15.3. The standard InChI is InChI=1S/C23H16F6O3S/c1-15-7-13-19(14-8-15)33(30,31)32-21(23(27,28)29)20(16-5-3-2-4-6-16)17-9-11-18(12-10-17)22(24,25)26/h2-14H,1H3/b21-20-. The van der Waals surface area contributed by atoms with Crippen LogP contribution < -0.4 is 0 Å². The predicted octanol–water partition coefficient (Wildman–Crippen LogP) is 6.74. The van der Waals surface area contributed by atoms with E-state index in [9.17, 15) is 34.8 Å². The second-order valence-corrected chi connectivity index (χ2v) is 8.54. The average molecular weight is 486 g/mol. The Morgan fingerprint density at radius 1 is 0.727 bits per heavy atom. The van der Waals surface area contributed by atoms with Gasteiger partial charge in [-0.3, -0.25) is 0 Å². The molecule has 0 aliphatic carbocycles. The van der Waals surface area contributed by atoms with E-state index in [2.05, 4.69) is 4.18 Å². The van der Waals surface area contributed by atoms with Crippen molar-refractivity contribution >= 4 is 15.7 Å². The van der Waals surface area contributed by atoms with Gasteiger partial charge in [0, 0.05) is 5.57 Å². The number of benzene rings is 3. The summed E-state index contributed by atoms with van der Waals surface area (Å²) in [5, 5.41) is 0. The van der Waals surface area contributed by atoms with Crippen LogP contribution in [0.3, 0.4) is 0 Å². The van der Waals surface area contributed by atoms with E-state index in [1.807, 2.05) is 0 Å². The molecule has 0 aliphatic heterocycles. The van der Waals surface area contributed by atoms with Gasteiger partial charge in [0.25, 0.3) is 0 Å². The molecule has 0 fully saturated rings. The Morgan fingerprint density at radius 3 is 1.73 bits per heavy atom. The fourth-order valence-corrected chi connectivity index (χ4v) is 3.92. The van der Waals surface area contributed by atoms with Crippen LogP contribution in [-0.2, 0) is 20.5 Å². The summed E-state index contributed by atoms with van der Waals surface area (Å²) >= 11 is 0. The molecule has 0 aliphatic rings. The summed E-state index contributed by atoms with van der Waals surface area (Å²) in [6.07, 6.45) is -9.99. The zero-order valence-corrected chi connectivity index (χ0v) is 17.7. The minimum Gasteiger partial charge on any atom is -0.373 e. The number of alkyl halides is 6. The maximum atomic E-state index is 14.1. The molecule has 10 heteroatoms. The van der Waals surface area contributed by atoms with Crippen molar-refractivity contribution in [2.24, 2.45) is 0 Å². The van der Waals surface area contributed by atoms with Crippen LogP contribution in [0.2, 0.25) is 0 Å². The van der Waals surface area contributed by atoms with Gasteiger partial charge in [0.15, 0.2) is 0 Å². The predicted molar refractivity (Wildman–Crippen MR) is 109 cm³/mol. The molecule has 0 spiro atoms. The van der Waals surface area contributed by atoms with E-state index < -0.39 is 44.3 Å².